The van der Waals surface area contributed by atoms with Crippen molar-refractivity contribution in [2.45, 2.75) is 19.8 Å². The fourth-order valence-electron chi connectivity index (χ4n) is 1.95. The van der Waals surface area contributed by atoms with E-state index in [1.54, 1.807) is 0 Å². The summed E-state index contributed by atoms with van der Waals surface area (Å²) in [6.45, 7) is 3.91. The standard InChI is InChI=1S/C18H21ClO3/c1-2-20-17-7-3-4-8-18(17)22-14-6-5-13-21-16-11-9-15(19)10-12-16/h3-4,7-12H,2,5-6,13-14H2,1H3. The van der Waals surface area contributed by atoms with Gasteiger partial charge in [0.05, 0.1) is 19.8 Å². The van der Waals surface area contributed by atoms with Gasteiger partial charge in [0.15, 0.2) is 11.5 Å². The molecule has 3 nitrogen and oxygen atoms in total. The van der Waals surface area contributed by atoms with E-state index in [1.165, 1.54) is 0 Å². The Bertz CT molecular complexity index is 555. The SMILES string of the molecule is CCOc1ccccc1OCCCCOc1ccc(Cl)cc1. The molecule has 0 fully saturated rings. The summed E-state index contributed by atoms with van der Waals surface area (Å²) < 4.78 is 16.9. The van der Waals surface area contributed by atoms with Crippen molar-refractivity contribution in [2.24, 2.45) is 0 Å². The molecule has 2 aromatic carbocycles. The maximum Gasteiger partial charge on any atom is 0.161 e. The van der Waals surface area contributed by atoms with Gasteiger partial charge in [0.1, 0.15) is 5.75 Å². The molecule has 0 aliphatic rings. The number of ether oxygens (including phenoxy) is 3. The van der Waals surface area contributed by atoms with Crippen molar-refractivity contribution < 1.29 is 14.2 Å². The lowest BCUT2D eigenvalue weighted by Crippen LogP contribution is -2.03. The van der Waals surface area contributed by atoms with Gasteiger partial charge in [0, 0.05) is 5.02 Å². The number of unbranched alkanes of at least 4 members (excludes halogenated alkanes) is 1. The molecule has 4 heteroatoms. The minimum atomic E-state index is 0.634. The second-order valence-electron chi connectivity index (χ2n) is 4.74. The van der Waals surface area contributed by atoms with E-state index < -0.39 is 0 Å². The second kappa shape index (κ2) is 9.21. The molecule has 0 amide bonds. The maximum absolute atomic E-state index is 5.83. The topological polar surface area (TPSA) is 27.7 Å². The summed E-state index contributed by atoms with van der Waals surface area (Å²) in [4.78, 5) is 0. The molecule has 0 spiro atoms. The van der Waals surface area contributed by atoms with Crippen LogP contribution in [0.15, 0.2) is 48.5 Å². The number of para-hydroxylation sites is 2. The molecule has 2 aromatic rings. The lowest BCUT2D eigenvalue weighted by molar-refractivity contribution is 0.252. The summed E-state index contributed by atoms with van der Waals surface area (Å²) in [5.74, 6) is 2.43. The minimum absolute atomic E-state index is 0.634. The van der Waals surface area contributed by atoms with Gasteiger partial charge in [0.2, 0.25) is 0 Å². The molecule has 0 saturated heterocycles. The van der Waals surface area contributed by atoms with Crippen LogP contribution < -0.4 is 14.2 Å². The lowest BCUT2D eigenvalue weighted by Gasteiger charge is -2.11. The summed E-state index contributed by atoms with van der Waals surface area (Å²) in [6, 6.07) is 15.1. The zero-order valence-corrected chi connectivity index (χ0v) is 13.5. The molecular formula is C18H21ClO3. The third-order valence-electron chi connectivity index (χ3n) is 3.03. The summed E-state index contributed by atoms with van der Waals surface area (Å²) in [6.07, 6.45) is 1.85. The van der Waals surface area contributed by atoms with E-state index in [4.69, 9.17) is 25.8 Å². The fraction of sp³-hybridized carbons (Fsp3) is 0.333. The van der Waals surface area contributed by atoms with Crippen LogP contribution in [0.1, 0.15) is 19.8 Å². The van der Waals surface area contributed by atoms with Crippen LogP contribution in [0.4, 0.5) is 0 Å². The van der Waals surface area contributed by atoms with E-state index in [0.717, 1.165) is 30.1 Å². The van der Waals surface area contributed by atoms with Gasteiger partial charge in [-0.05, 0) is 56.2 Å². The van der Waals surface area contributed by atoms with Gasteiger partial charge in [-0.1, -0.05) is 23.7 Å². The van der Waals surface area contributed by atoms with Crippen LogP contribution in [0.5, 0.6) is 17.2 Å². The Kier molecular flexibility index (Phi) is 6.91. The highest BCUT2D eigenvalue weighted by Crippen LogP contribution is 2.26. The summed E-state index contributed by atoms with van der Waals surface area (Å²) in [5.41, 5.74) is 0. The van der Waals surface area contributed by atoms with Crippen LogP contribution >= 0.6 is 11.6 Å². The number of rotatable bonds is 9. The molecule has 2 rings (SSSR count). The first-order valence-corrected chi connectivity index (χ1v) is 7.90. The molecule has 0 aliphatic heterocycles. The number of benzene rings is 2. The Morgan fingerprint density at radius 1 is 0.773 bits per heavy atom. The van der Waals surface area contributed by atoms with Gasteiger partial charge >= 0.3 is 0 Å². The highest BCUT2D eigenvalue weighted by molar-refractivity contribution is 6.30. The molecule has 0 radical (unpaired) electrons. The van der Waals surface area contributed by atoms with Gasteiger partial charge in [-0.3, -0.25) is 0 Å². The minimum Gasteiger partial charge on any atom is -0.494 e. The Morgan fingerprint density at radius 2 is 1.36 bits per heavy atom. The average Bonchev–Trinajstić information content (AvgIpc) is 2.54. The molecule has 22 heavy (non-hydrogen) atoms. The molecular weight excluding hydrogens is 300 g/mol. The highest BCUT2D eigenvalue weighted by Gasteiger charge is 2.03. The lowest BCUT2D eigenvalue weighted by atomic mass is 10.3. The van der Waals surface area contributed by atoms with Crippen LogP contribution in [0.3, 0.4) is 0 Å². The molecule has 0 unspecified atom stereocenters. The second-order valence-corrected chi connectivity index (χ2v) is 5.17. The molecule has 0 N–H and O–H groups in total. The van der Waals surface area contributed by atoms with Crippen LogP contribution in [-0.4, -0.2) is 19.8 Å². The first kappa shape index (κ1) is 16.5. The van der Waals surface area contributed by atoms with Crippen LogP contribution in [0, 0.1) is 0 Å². The van der Waals surface area contributed by atoms with Crippen molar-refractivity contribution in [3.8, 4) is 17.2 Å². The third-order valence-corrected chi connectivity index (χ3v) is 3.28. The first-order chi connectivity index (χ1) is 10.8. The van der Waals surface area contributed by atoms with Crippen molar-refractivity contribution in [1.29, 1.82) is 0 Å². The smallest absolute Gasteiger partial charge is 0.161 e. The average molecular weight is 321 g/mol. The van der Waals surface area contributed by atoms with Crippen molar-refractivity contribution in [3.05, 3.63) is 53.6 Å². The molecule has 0 aromatic heterocycles. The molecule has 0 heterocycles. The predicted molar refractivity (Wildman–Crippen MR) is 89.3 cm³/mol. The maximum atomic E-state index is 5.83. The molecule has 0 aliphatic carbocycles. The van der Waals surface area contributed by atoms with E-state index in [0.29, 0.717) is 24.8 Å². The molecule has 0 atom stereocenters. The van der Waals surface area contributed by atoms with Crippen molar-refractivity contribution in [1.82, 2.24) is 0 Å². The van der Waals surface area contributed by atoms with E-state index in [1.807, 2.05) is 55.5 Å². The van der Waals surface area contributed by atoms with Crippen molar-refractivity contribution >= 4 is 11.6 Å². The van der Waals surface area contributed by atoms with Crippen molar-refractivity contribution in [3.63, 3.8) is 0 Å². The van der Waals surface area contributed by atoms with Gasteiger partial charge in [-0.15, -0.1) is 0 Å². The summed E-state index contributed by atoms with van der Waals surface area (Å²) in [7, 11) is 0. The number of hydrogen-bond donors (Lipinski definition) is 0. The van der Waals surface area contributed by atoms with Crippen LogP contribution in [0.25, 0.3) is 0 Å². The quantitative estimate of drug-likeness (QED) is 0.610. The largest absolute Gasteiger partial charge is 0.494 e. The van der Waals surface area contributed by atoms with Crippen LogP contribution in [0.2, 0.25) is 5.02 Å². The monoisotopic (exact) mass is 320 g/mol. The van der Waals surface area contributed by atoms with E-state index in [2.05, 4.69) is 0 Å². The Labute approximate surface area is 136 Å². The van der Waals surface area contributed by atoms with E-state index >= 15 is 0 Å². The van der Waals surface area contributed by atoms with Gasteiger partial charge < -0.3 is 14.2 Å². The molecule has 0 saturated carbocycles. The Morgan fingerprint density at radius 3 is 2.00 bits per heavy atom. The predicted octanol–water partition coefficient (Wildman–Crippen LogP) is 4.98. The number of hydrogen-bond acceptors (Lipinski definition) is 3. The molecule has 118 valence electrons. The van der Waals surface area contributed by atoms with Gasteiger partial charge in [0.25, 0.3) is 0 Å². The summed E-state index contributed by atoms with van der Waals surface area (Å²) >= 11 is 5.83. The Hall–Kier alpha value is -1.87. The van der Waals surface area contributed by atoms with Gasteiger partial charge in [-0.2, -0.15) is 0 Å². The normalized spacial score (nSPS) is 10.3. The zero-order chi connectivity index (χ0) is 15.6. The van der Waals surface area contributed by atoms with Gasteiger partial charge in [-0.25, -0.2) is 0 Å². The fourth-order valence-corrected chi connectivity index (χ4v) is 2.08. The summed E-state index contributed by atoms with van der Waals surface area (Å²) in [5, 5.41) is 0.716. The molecule has 0 bridgehead atoms. The van der Waals surface area contributed by atoms with Crippen molar-refractivity contribution in [2.75, 3.05) is 19.8 Å². The van der Waals surface area contributed by atoms with E-state index in [-0.39, 0.29) is 0 Å². The third kappa shape index (κ3) is 5.49. The van der Waals surface area contributed by atoms with E-state index in [9.17, 15) is 0 Å². The van der Waals surface area contributed by atoms with Crippen LogP contribution in [-0.2, 0) is 0 Å². The zero-order valence-electron chi connectivity index (χ0n) is 12.8. The number of halogens is 1. The highest BCUT2D eigenvalue weighted by atomic mass is 35.5. The first-order valence-electron chi connectivity index (χ1n) is 7.52. The Balaban J connectivity index is 1.64.